The lowest BCUT2D eigenvalue weighted by Crippen LogP contribution is -2.45. The van der Waals surface area contributed by atoms with Gasteiger partial charge >= 0.3 is 5.97 Å². The van der Waals surface area contributed by atoms with E-state index in [9.17, 15) is 19.2 Å². The summed E-state index contributed by atoms with van der Waals surface area (Å²) < 4.78 is 11.5. The monoisotopic (exact) mass is 476 g/mol. The van der Waals surface area contributed by atoms with Gasteiger partial charge in [-0.3, -0.25) is 24.1 Å². The number of carbonyl (C=O) groups excluding carboxylic acids is 4. The summed E-state index contributed by atoms with van der Waals surface area (Å²) in [5.74, 6) is -1.11. The highest BCUT2D eigenvalue weighted by molar-refractivity contribution is 6.12. The molecule has 2 rings (SSSR count). The molecule has 2 aliphatic rings. The van der Waals surface area contributed by atoms with E-state index in [0.29, 0.717) is 26.0 Å². The number of hydrogen-bond donors (Lipinski definition) is 1. The molecule has 1 heterocycles. The molecule has 3 amide bonds. The fourth-order valence-electron chi connectivity index (χ4n) is 3.89. The maximum Gasteiger partial charge on any atom is 0.306 e. The first-order valence-corrected chi connectivity index (χ1v) is 12.3. The van der Waals surface area contributed by atoms with Crippen LogP contribution in [0.2, 0.25) is 0 Å². The van der Waals surface area contributed by atoms with Crippen LogP contribution in [-0.4, -0.2) is 59.0 Å². The first-order chi connectivity index (χ1) is 16.0. The minimum Gasteiger partial charge on any atom is -0.462 e. The molecule has 1 aliphatic carbocycles. The van der Waals surface area contributed by atoms with Crippen molar-refractivity contribution in [3.63, 3.8) is 0 Å². The molecule has 0 saturated carbocycles. The molecule has 0 fully saturated rings. The maximum atomic E-state index is 12.4. The number of esters is 1. The van der Waals surface area contributed by atoms with Crippen LogP contribution in [0.4, 0.5) is 0 Å². The summed E-state index contributed by atoms with van der Waals surface area (Å²) in [6.07, 6.45) is 12.7. The second-order valence-corrected chi connectivity index (χ2v) is 10.3. The van der Waals surface area contributed by atoms with Crippen LogP contribution in [0.15, 0.2) is 24.3 Å². The van der Waals surface area contributed by atoms with E-state index in [1.54, 1.807) is 0 Å². The summed E-state index contributed by atoms with van der Waals surface area (Å²) >= 11 is 0. The molecule has 1 aliphatic heterocycles. The molecule has 0 saturated heterocycles. The molecule has 0 radical (unpaired) electrons. The summed E-state index contributed by atoms with van der Waals surface area (Å²) in [6.45, 7) is 8.34. The van der Waals surface area contributed by atoms with Crippen molar-refractivity contribution in [2.75, 3.05) is 13.2 Å². The zero-order valence-corrected chi connectivity index (χ0v) is 21.1. The molecule has 0 aromatic carbocycles. The Morgan fingerprint density at radius 1 is 1.00 bits per heavy atom. The largest absolute Gasteiger partial charge is 0.462 e. The average Bonchev–Trinajstić information content (AvgIpc) is 3.03. The fraction of sp³-hybridized carbons (Fsp3) is 0.692. The van der Waals surface area contributed by atoms with Gasteiger partial charge in [-0.25, -0.2) is 0 Å². The predicted octanol–water partition coefficient (Wildman–Crippen LogP) is 3.59. The molecule has 1 unspecified atom stereocenters. The van der Waals surface area contributed by atoms with E-state index in [1.165, 1.54) is 17.1 Å². The van der Waals surface area contributed by atoms with E-state index >= 15 is 0 Å². The van der Waals surface area contributed by atoms with Gasteiger partial charge in [0.25, 0.3) is 11.8 Å². The second-order valence-electron chi connectivity index (χ2n) is 10.3. The number of allylic oxidation sites excluding steroid dienone is 2. The Balaban J connectivity index is 1.64. The number of carbonyl (C=O) groups is 4. The third-order valence-corrected chi connectivity index (χ3v) is 6.11. The smallest absolute Gasteiger partial charge is 0.306 e. The van der Waals surface area contributed by atoms with Crippen LogP contribution < -0.4 is 5.32 Å². The predicted molar refractivity (Wildman–Crippen MR) is 129 cm³/mol. The first kappa shape index (κ1) is 27.8. The van der Waals surface area contributed by atoms with E-state index in [1.807, 2.05) is 27.7 Å². The van der Waals surface area contributed by atoms with Gasteiger partial charge in [-0.2, -0.15) is 0 Å². The van der Waals surface area contributed by atoms with Gasteiger partial charge in [-0.1, -0.05) is 12.2 Å². The van der Waals surface area contributed by atoms with Crippen molar-refractivity contribution >= 4 is 23.7 Å². The van der Waals surface area contributed by atoms with Gasteiger partial charge in [0, 0.05) is 37.3 Å². The Bertz CT molecular complexity index is 781. The Hall–Kier alpha value is -2.48. The lowest BCUT2D eigenvalue weighted by molar-refractivity contribution is -0.151. The fourth-order valence-corrected chi connectivity index (χ4v) is 3.89. The summed E-state index contributed by atoms with van der Waals surface area (Å²) in [4.78, 5) is 49.1. The van der Waals surface area contributed by atoms with Gasteiger partial charge in [0.1, 0.15) is 6.10 Å². The molecule has 34 heavy (non-hydrogen) atoms. The minimum absolute atomic E-state index is 0.0598. The minimum atomic E-state index is -0.528. The van der Waals surface area contributed by atoms with Gasteiger partial charge in [0.15, 0.2) is 0 Å². The Morgan fingerprint density at radius 3 is 2.38 bits per heavy atom. The van der Waals surface area contributed by atoms with E-state index in [-0.39, 0.29) is 42.6 Å². The standard InChI is InChI=1S/C26H40N2O6/c1-25(2,17-19-33-26(3,4)16-18-28-22(30)13-14-23(28)31)27-21(29)12-15-24(32)34-20-10-8-6-5-7-9-11-20/h5-6,13-14,20H,7-12,15-19H2,1-4H3,(H,27,29). The van der Waals surface area contributed by atoms with Crippen molar-refractivity contribution in [1.82, 2.24) is 10.2 Å². The molecule has 8 heteroatoms. The molecule has 0 aromatic heterocycles. The number of ether oxygens (including phenoxy) is 2. The van der Waals surface area contributed by atoms with Gasteiger partial charge in [-0.15, -0.1) is 0 Å². The van der Waals surface area contributed by atoms with Crippen molar-refractivity contribution in [2.24, 2.45) is 0 Å². The number of hydrogen-bond acceptors (Lipinski definition) is 6. The highest BCUT2D eigenvalue weighted by Gasteiger charge is 2.28. The Kier molecular flexibility index (Phi) is 10.5. The summed E-state index contributed by atoms with van der Waals surface area (Å²) in [6, 6.07) is 0. The zero-order valence-electron chi connectivity index (χ0n) is 21.1. The Labute approximate surface area is 203 Å². The number of nitrogens with zero attached hydrogens (tertiary/aromatic N) is 1. The molecule has 8 nitrogen and oxygen atoms in total. The quantitative estimate of drug-likeness (QED) is 0.262. The highest BCUT2D eigenvalue weighted by Crippen LogP contribution is 2.20. The van der Waals surface area contributed by atoms with E-state index in [2.05, 4.69) is 17.5 Å². The van der Waals surface area contributed by atoms with Crippen LogP contribution in [0.5, 0.6) is 0 Å². The van der Waals surface area contributed by atoms with E-state index < -0.39 is 11.1 Å². The summed E-state index contributed by atoms with van der Waals surface area (Å²) in [7, 11) is 0. The van der Waals surface area contributed by atoms with Crippen molar-refractivity contribution < 1.29 is 28.7 Å². The maximum absolute atomic E-state index is 12.4. The molecular formula is C26H40N2O6. The van der Waals surface area contributed by atoms with Crippen LogP contribution in [0.25, 0.3) is 0 Å². The lowest BCUT2D eigenvalue weighted by Gasteiger charge is -2.31. The molecular weight excluding hydrogens is 436 g/mol. The van der Waals surface area contributed by atoms with E-state index in [4.69, 9.17) is 9.47 Å². The Morgan fingerprint density at radius 2 is 1.68 bits per heavy atom. The van der Waals surface area contributed by atoms with Crippen molar-refractivity contribution in [1.29, 1.82) is 0 Å². The second kappa shape index (κ2) is 12.8. The number of amides is 3. The van der Waals surface area contributed by atoms with Crippen LogP contribution in [-0.2, 0) is 28.7 Å². The molecule has 1 N–H and O–H groups in total. The SMILES string of the molecule is CC(C)(CCOC(C)(C)CCN1C(=O)C=CC1=O)NC(=O)CCC(=O)OC1CCC=CCCC1. The van der Waals surface area contributed by atoms with Crippen LogP contribution >= 0.6 is 0 Å². The number of nitrogens with one attached hydrogen (secondary N) is 1. The molecule has 1 atom stereocenters. The number of imide groups is 1. The highest BCUT2D eigenvalue weighted by atomic mass is 16.5. The van der Waals surface area contributed by atoms with Crippen molar-refractivity contribution in [3.8, 4) is 0 Å². The lowest BCUT2D eigenvalue weighted by atomic mass is 10.00. The van der Waals surface area contributed by atoms with Crippen molar-refractivity contribution in [3.05, 3.63) is 24.3 Å². The molecule has 0 spiro atoms. The molecule has 190 valence electrons. The summed E-state index contributed by atoms with van der Waals surface area (Å²) in [5, 5.41) is 2.97. The molecule has 0 bridgehead atoms. The van der Waals surface area contributed by atoms with Gasteiger partial charge in [0.05, 0.1) is 12.0 Å². The van der Waals surface area contributed by atoms with E-state index in [0.717, 1.165) is 32.1 Å². The van der Waals surface area contributed by atoms with Crippen LogP contribution in [0.1, 0.15) is 85.5 Å². The molecule has 0 aromatic rings. The average molecular weight is 477 g/mol. The number of rotatable bonds is 12. The van der Waals surface area contributed by atoms with Crippen molar-refractivity contribution in [2.45, 2.75) is 103 Å². The van der Waals surface area contributed by atoms with Gasteiger partial charge in [-0.05, 0) is 72.6 Å². The summed E-state index contributed by atoms with van der Waals surface area (Å²) in [5.41, 5.74) is -1.03. The van der Waals surface area contributed by atoms with Gasteiger partial charge in [0.2, 0.25) is 5.91 Å². The topological polar surface area (TPSA) is 102 Å². The normalized spacial score (nSPS) is 19.2. The van der Waals surface area contributed by atoms with Crippen LogP contribution in [0.3, 0.4) is 0 Å². The third-order valence-electron chi connectivity index (χ3n) is 6.11. The third kappa shape index (κ3) is 10.2. The van der Waals surface area contributed by atoms with Crippen LogP contribution in [0, 0.1) is 0 Å². The first-order valence-electron chi connectivity index (χ1n) is 12.3. The van der Waals surface area contributed by atoms with Gasteiger partial charge < -0.3 is 14.8 Å². The zero-order chi connectivity index (χ0) is 25.2.